The van der Waals surface area contributed by atoms with Crippen LogP contribution in [0.15, 0.2) is 24.3 Å². The minimum Gasteiger partial charge on any atom is -0.346 e. The molecule has 1 aromatic rings. The van der Waals surface area contributed by atoms with Crippen LogP contribution in [-0.2, 0) is 4.79 Å². The molecule has 2 rings (SSSR count). The zero-order valence-electron chi connectivity index (χ0n) is 9.52. The monoisotopic (exact) mass is 262 g/mol. The molecule has 0 spiro atoms. The van der Waals surface area contributed by atoms with Gasteiger partial charge in [-0.05, 0) is 25.0 Å². The minimum absolute atomic E-state index is 0.0463. The molecule has 0 saturated heterocycles. The highest BCUT2D eigenvalue weighted by Crippen LogP contribution is 2.32. The van der Waals surface area contributed by atoms with E-state index in [1.807, 2.05) is 6.07 Å². The van der Waals surface area contributed by atoms with E-state index >= 15 is 0 Å². The molecule has 0 bridgehead atoms. The summed E-state index contributed by atoms with van der Waals surface area (Å²) in [6, 6.07) is 7.89. The lowest BCUT2D eigenvalue weighted by Gasteiger charge is -2.12. The number of nitrogens with zero attached hydrogens (tertiary/aromatic N) is 1. The standard InChI is InChI=1S/C13H11FN2OS/c14-10-3-1-2-4-11(10)16-13(18)9(7-15)12(17)8-5-6-8/h1-4,8-9H,5-6H2,(H,16,18). The van der Waals surface area contributed by atoms with Gasteiger partial charge in [0.15, 0.2) is 11.7 Å². The van der Waals surface area contributed by atoms with Crippen LogP contribution in [0.1, 0.15) is 12.8 Å². The van der Waals surface area contributed by atoms with Gasteiger partial charge in [0.1, 0.15) is 10.8 Å². The predicted molar refractivity (Wildman–Crippen MR) is 69.5 cm³/mol. The van der Waals surface area contributed by atoms with Crippen molar-refractivity contribution in [3.05, 3.63) is 30.1 Å². The zero-order valence-corrected chi connectivity index (χ0v) is 10.3. The Morgan fingerprint density at radius 2 is 2.17 bits per heavy atom. The molecular formula is C13H11FN2OS. The van der Waals surface area contributed by atoms with E-state index in [2.05, 4.69) is 5.32 Å². The van der Waals surface area contributed by atoms with Crippen molar-refractivity contribution in [1.29, 1.82) is 5.26 Å². The van der Waals surface area contributed by atoms with E-state index in [1.54, 1.807) is 12.1 Å². The van der Waals surface area contributed by atoms with Crippen molar-refractivity contribution < 1.29 is 9.18 Å². The van der Waals surface area contributed by atoms with Crippen LogP contribution in [0.2, 0.25) is 0 Å². The number of carbonyl (C=O) groups excluding carboxylic acids is 1. The van der Waals surface area contributed by atoms with Crippen molar-refractivity contribution in [1.82, 2.24) is 0 Å². The highest BCUT2D eigenvalue weighted by Gasteiger charge is 2.36. The maximum absolute atomic E-state index is 13.4. The number of nitriles is 1. The molecule has 18 heavy (non-hydrogen) atoms. The number of hydrogen-bond donors (Lipinski definition) is 1. The molecule has 0 radical (unpaired) electrons. The van der Waals surface area contributed by atoms with Crippen LogP contribution in [0.3, 0.4) is 0 Å². The molecule has 0 amide bonds. The van der Waals surface area contributed by atoms with Gasteiger partial charge in [-0.2, -0.15) is 5.26 Å². The van der Waals surface area contributed by atoms with Gasteiger partial charge in [0.2, 0.25) is 0 Å². The van der Waals surface area contributed by atoms with Crippen LogP contribution < -0.4 is 5.32 Å². The number of thiocarbonyl (C=S) groups is 1. The average molecular weight is 262 g/mol. The maximum atomic E-state index is 13.4. The number of Topliss-reactive ketones (excluding diaryl/α,β-unsaturated/α-hetero) is 1. The maximum Gasteiger partial charge on any atom is 0.159 e. The van der Waals surface area contributed by atoms with Gasteiger partial charge in [-0.3, -0.25) is 4.79 Å². The highest BCUT2D eigenvalue weighted by molar-refractivity contribution is 7.80. The Labute approximate surface area is 110 Å². The molecular weight excluding hydrogens is 251 g/mol. The summed E-state index contributed by atoms with van der Waals surface area (Å²) in [5, 5.41) is 11.6. The van der Waals surface area contributed by atoms with Crippen molar-refractivity contribution in [3.8, 4) is 6.07 Å². The van der Waals surface area contributed by atoms with Gasteiger partial charge >= 0.3 is 0 Å². The van der Waals surface area contributed by atoms with E-state index in [0.29, 0.717) is 0 Å². The summed E-state index contributed by atoms with van der Waals surface area (Å²) in [5.41, 5.74) is 0.186. The third kappa shape index (κ3) is 2.71. The molecule has 5 heteroatoms. The number of hydrogen-bond acceptors (Lipinski definition) is 3. The van der Waals surface area contributed by atoms with Gasteiger partial charge in [-0.1, -0.05) is 24.4 Å². The quantitative estimate of drug-likeness (QED) is 0.848. The lowest BCUT2D eigenvalue weighted by atomic mass is 10.0. The largest absolute Gasteiger partial charge is 0.346 e. The second kappa shape index (κ2) is 5.23. The Kier molecular flexibility index (Phi) is 3.68. The first kappa shape index (κ1) is 12.7. The number of benzene rings is 1. The van der Waals surface area contributed by atoms with Gasteiger partial charge in [0.05, 0.1) is 11.8 Å². The molecule has 1 atom stereocenters. The van der Waals surface area contributed by atoms with Gasteiger partial charge in [0, 0.05) is 5.92 Å². The van der Waals surface area contributed by atoms with Gasteiger partial charge in [-0.15, -0.1) is 0 Å². The summed E-state index contributed by atoms with van der Waals surface area (Å²) >= 11 is 5.02. The molecule has 0 aliphatic heterocycles. The van der Waals surface area contributed by atoms with Crippen molar-refractivity contribution in [2.75, 3.05) is 5.32 Å². The molecule has 0 aromatic heterocycles. The molecule has 0 heterocycles. The Balaban J connectivity index is 2.09. The van der Waals surface area contributed by atoms with E-state index in [9.17, 15) is 9.18 Å². The number of carbonyl (C=O) groups is 1. The Morgan fingerprint density at radius 1 is 1.50 bits per heavy atom. The number of nitrogens with one attached hydrogen (secondary N) is 1. The number of anilines is 1. The first-order valence-corrected chi connectivity index (χ1v) is 6.03. The number of ketones is 1. The lowest BCUT2D eigenvalue weighted by molar-refractivity contribution is -0.120. The molecule has 1 fully saturated rings. The van der Waals surface area contributed by atoms with E-state index in [0.717, 1.165) is 12.8 Å². The van der Waals surface area contributed by atoms with Crippen molar-refractivity contribution >= 4 is 28.7 Å². The summed E-state index contributed by atoms with van der Waals surface area (Å²) in [6.45, 7) is 0. The fourth-order valence-electron chi connectivity index (χ4n) is 1.62. The van der Waals surface area contributed by atoms with E-state index < -0.39 is 11.7 Å². The second-order valence-electron chi connectivity index (χ2n) is 4.21. The third-order valence-electron chi connectivity index (χ3n) is 2.79. The Morgan fingerprint density at radius 3 is 2.72 bits per heavy atom. The SMILES string of the molecule is N#CC(C(=O)C1CC1)C(=S)Nc1ccccc1F. The lowest BCUT2D eigenvalue weighted by Crippen LogP contribution is -2.28. The van der Waals surface area contributed by atoms with Crippen LogP contribution >= 0.6 is 12.2 Å². The van der Waals surface area contributed by atoms with E-state index in [1.165, 1.54) is 12.1 Å². The Bertz CT molecular complexity index is 534. The molecule has 3 nitrogen and oxygen atoms in total. The predicted octanol–water partition coefficient (Wildman–Crippen LogP) is 2.68. The molecule has 1 saturated carbocycles. The third-order valence-corrected chi connectivity index (χ3v) is 3.13. The number of halogens is 1. The highest BCUT2D eigenvalue weighted by atomic mass is 32.1. The molecule has 1 aromatic carbocycles. The molecule has 1 aliphatic carbocycles. The molecule has 1 aliphatic rings. The first-order chi connectivity index (χ1) is 8.63. The second-order valence-corrected chi connectivity index (χ2v) is 4.65. The zero-order chi connectivity index (χ0) is 13.1. The molecule has 92 valence electrons. The van der Waals surface area contributed by atoms with Crippen molar-refractivity contribution in [3.63, 3.8) is 0 Å². The van der Waals surface area contributed by atoms with Crippen LogP contribution in [0, 0.1) is 29.0 Å². The number of rotatable bonds is 4. The van der Waals surface area contributed by atoms with Gasteiger partial charge < -0.3 is 5.32 Å². The molecule has 1 N–H and O–H groups in total. The van der Waals surface area contributed by atoms with Crippen LogP contribution in [0.5, 0.6) is 0 Å². The van der Waals surface area contributed by atoms with Crippen LogP contribution in [-0.4, -0.2) is 10.8 Å². The van der Waals surface area contributed by atoms with Gasteiger partial charge in [0.25, 0.3) is 0 Å². The summed E-state index contributed by atoms with van der Waals surface area (Å²) in [5.74, 6) is -1.65. The molecule has 1 unspecified atom stereocenters. The summed E-state index contributed by atoms with van der Waals surface area (Å²) < 4.78 is 13.4. The fraction of sp³-hybridized carbons (Fsp3) is 0.308. The van der Waals surface area contributed by atoms with Crippen LogP contribution in [0.4, 0.5) is 10.1 Å². The summed E-state index contributed by atoms with van der Waals surface area (Å²) in [7, 11) is 0. The number of para-hydroxylation sites is 1. The van der Waals surface area contributed by atoms with E-state index in [4.69, 9.17) is 17.5 Å². The van der Waals surface area contributed by atoms with E-state index in [-0.39, 0.29) is 22.4 Å². The van der Waals surface area contributed by atoms with Crippen LogP contribution in [0.25, 0.3) is 0 Å². The first-order valence-electron chi connectivity index (χ1n) is 5.62. The fourth-order valence-corrected chi connectivity index (χ4v) is 1.90. The van der Waals surface area contributed by atoms with Crippen molar-refractivity contribution in [2.24, 2.45) is 11.8 Å². The van der Waals surface area contributed by atoms with Gasteiger partial charge in [-0.25, -0.2) is 4.39 Å². The topological polar surface area (TPSA) is 52.9 Å². The summed E-state index contributed by atoms with van der Waals surface area (Å²) in [4.78, 5) is 11.9. The normalized spacial score (nSPS) is 15.6. The smallest absolute Gasteiger partial charge is 0.159 e. The minimum atomic E-state index is -0.980. The Hall–Kier alpha value is -1.80. The van der Waals surface area contributed by atoms with Crippen molar-refractivity contribution in [2.45, 2.75) is 12.8 Å². The summed E-state index contributed by atoms with van der Waals surface area (Å²) in [6.07, 6.45) is 1.64. The average Bonchev–Trinajstić information content (AvgIpc) is 3.17.